The molecule has 9 nitrogen and oxygen atoms in total. The summed E-state index contributed by atoms with van der Waals surface area (Å²) in [7, 11) is -3.60. The third kappa shape index (κ3) is 5.76. The van der Waals surface area contributed by atoms with Gasteiger partial charge >= 0.3 is 5.97 Å². The van der Waals surface area contributed by atoms with Crippen molar-refractivity contribution < 1.29 is 23.0 Å². The molecule has 0 heterocycles. The number of nitrogens with two attached hydrogens (primary N) is 1. The maximum atomic E-state index is 12.2. The van der Waals surface area contributed by atoms with Gasteiger partial charge in [-0.15, -0.1) is 0 Å². The number of non-ortho nitro benzene ring substituents is 1. The molecule has 142 valence electrons. The lowest BCUT2D eigenvalue weighted by Gasteiger charge is -2.04. The minimum absolute atomic E-state index is 0.0333. The van der Waals surface area contributed by atoms with Gasteiger partial charge in [0.25, 0.3) is 5.69 Å². The number of sulfone groups is 1. The Kier molecular flexibility index (Phi) is 6.48. The quantitative estimate of drug-likeness (QED) is 0.242. The summed E-state index contributed by atoms with van der Waals surface area (Å²) in [6, 6.07) is 10.4. The highest BCUT2D eigenvalue weighted by atomic mass is 35.5. The highest BCUT2D eigenvalue weighted by molar-refractivity contribution is 7.91. The summed E-state index contributed by atoms with van der Waals surface area (Å²) in [6.45, 7) is 0. The van der Waals surface area contributed by atoms with Crippen LogP contribution in [0, 0.1) is 10.1 Å². The third-order valence-corrected chi connectivity index (χ3v) is 5.34. The molecular weight excluding hydrogens is 398 g/mol. The zero-order valence-electron chi connectivity index (χ0n) is 13.7. The van der Waals surface area contributed by atoms with Crippen LogP contribution in [-0.2, 0) is 14.7 Å². The van der Waals surface area contributed by atoms with E-state index in [0.717, 1.165) is 12.1 Å². The van der Waals surface area contributed by atoms with Crippen LogP contribution in [0.1, 0.15) is 16.8 Å². The van der Waals surface area contributed by atoms with Crippen molar-refractivity contribution in [2.24, 2.45) is 10.9 Å². The van der Waals surface area contributed by atoms with Gasteiger partial charge in [-0.2, -0.15) is 0 Å². The van der Waals surface area contributed by atoms with Crippen LogP contribution < -0.4 is 5.73 Å². The summed E-state index contributed by atoms with van der Waals surface area (Å²) >= 11 is 5.72. The first-order valence-electron chi connectivity index (χ1n) is 7.45. The molecule has 0 unspecified atom stereocenters. The molecule has 2 aromatic rings. The number of hydrogen-bond acceptors (Lipinski definition) is 7. The second-order valence-electron chi connectivity index (χ2n) is 5.29. The van der Waals surface area contributed by atoms with Gasteiger partial charge in [0.1, 0.15) is 5.84 Å². The van der Waals surface area contributed by atoms with E-state index in [9.17, 15) is 23.3 Å². The molecule has 2 rings (SSSR count). The van der Waals surface area contributed by atoms with Crippen molar-refractivity contribution >= 4 is 38.9 Å². The zero-order chi connectivity index (χ0) is 20.0. The monoisotopic (exact) mass is 411 g/mol. The molecule has 0 bridgehead atoms. The minimum atomic E-state index is -3.60. The van der Waals surface area contributed by atoms with E-state index < -0.39 is 20.7 Å². The summed E-state index contributed by atoms with van der Waals surface area (Å²) < 4.78 is 24.4. The predicted octanol–water partition coefficient (Wildman–Crippen LogP) is 2.54. The molecule has 0 amide bonds. The highest BCUT2D eigenvalue weighted by Gasteiger charge is 2.16. The zero-order valence-corrected chi connectivity index (χ0v) is 15.3. The van der Waals surface area contributed by atoms with Gasteiger partial charge in [0.05, 0.1) is 21.1 Å². The lowest BCUT2D eigenvalue weighted by molar-refractivity contribution is -0.384. The predicted molar refractivity (Wildman–Crippen MR) is 98.3 cm³/mol. The Bertz CT molecular complexity index is 972. The van der Waals surface area contributed by atoms with E-state index in [2.05, 4.69) is 9.99 Å². The number of halogens is 1. The number of nitrogens with zero attached hydrogens (tertiary/aromatic N) is 2. The molecular formula is C16H14ClN3O6S. The number of carbonyl (C=O) groups excluding carboxylic acids is 1. The molecule has 0 saturated heterocycles. The molecule has 0 saturated carbocycles. The maximum Gasteiger partial charge on any atom is 0.365 e. The standard InChI is InChI=1S/C16H14ClN3O6S/c17-12-3-7-14(8-4-12)27(24,25)10-9-15(18)19-26-16(21)11-1-5-13(6-2-11)20(22)23/h1-8H,9-10H2,(H2,18,19). The smallest absolute Gasteiger partial charge is 0.365 e. The fourth-order valence-corrected chi connectivity index (χ4v) is 3.31. The van der Waals surface area contributed by atoms with E-state index in [4.69, 9.17) is 17.3 Å². The van der Waals surface area contributed by atoms with Crippen molar-refractivity contribution in [3.05, 3.63) is 69.2 Å². The lowest BCUT2D eigenvalue weighted by Crippen LogP contribution is -2.19. The number of benzene rings is 2. The van der Waals surface area contributed by atoms with Crippen molar-refractivity contribution in [2.75, 3.05) is 5.75 Å². The van der Waals surface area contributed by atoms with E-state index in [1.165, 1.54) is 36.4 Å². The molecule has 0 spiro atoms. The molecule has 2 aromatic carbocycles. The van der Waals surface area contributed by atoms with E-state index in [1.807, 2.05) is 0 Å². The topological polar surface area (TPSA) is 142 Å². The number of rotatable bonds is 7. The van der Waals surface area contributed by atoms with Crippen LogP contribution in [-0.4, -0.2) is 30.9 Å². The first kappa shape index (κ1) is 20.3. The van der Waals surface area contributed by atoms with Crippen LogP contribution in [0.3, 0.4) is 0 Å². The Labute approximate surface area is 159 Å². The fraction of sp³-hybridized carbons (Fsp3) is 0.125. The lowest BCUT2D eigenvalue weighted by atomic mass is 10.2. The summed E-state index contributed by atoms with van der Waals surface area (Å²) in [4.78, 5) is 26.5. The fourth-order valence-electron chi connectivity index (χ4n) is 1.92. The molecule has 0 aliphatic heterocycles. The van der Waals surface area contributed by atoms with Gasteiger partial charge in [-0.25, -0.2) is 13.2 Å². The maximum absolute atomic E-state index is 12.2. The molecule has 0 radical (unpaired) electrons. The molecule has 0 atom stereocenters. The normalized spacial score (nSPS) is 11.8. The molecule has 0 aliphatic rings. The summed E-state index contributed by atoms with van der Waals surface area (Å²) in [5.74, 6) is -1.41. The number of oxime groups is 1. The highest BCUT2D eigenvalue weighted by Crippen LogP contribution is 2.16. The second kappa shape index (κ2) is 8.60. The van der Waals surface area contributed by atoms with Crippen LogP contribution in [0.5, 0.6) is 0 Å². The Morgan fingerprint density at radius 3 is 2.30 bits per heavy atom. The van der Waals surface area contributed by atoms with Gasteiger partial charge in [0, 0.05) is 23.6 Å². The second-order valence-corrected chi connectivity index (χ2v) is 7.83. The average molecular weight is 412 g/mol. The van der Waals surface area contributed by atoms with Crippen LogP contribution in [0.2, 0.25) is 5.02 Å². The van der Waals surface area contributed by atoms with E-state index in [0.29, 0.717) is 5.02 Å². The molecule has 0 fully saturated rings. The first-order valence-corrected chi connectivity index (χ1v) is 9.48. The molecule has 0 aliphatic carbocycles. The van der Waals surface area contributed by atoms with E-state index >= 15 is 0 Å². The van der Waals surface area contributed by atoms with Crippen LogP contribution in [0.15, 0.2) is 58.6 Å². The Morgan fingerprint density at radius 1 is 1.15 bits per heavy atom. The molecule has 0 aromatic heterocycles. The summed E-state index contributed by atoms with van der Waals surface area (Å²) in [6.07, 6.45) is -0.154. The summed E-state index contributed by atoms with van der Waals surface area (Å²) in [5, 5.41) is 14.4. The third-order valence-electron chi connectivity index (χ3n) is 3.36. The van der Waals surface area contributed by atoms with Gasteiger partial charge in [-0.1, -0.05) is 16.8 Å². The van der Waals surface area contributed by atoms with Crippen molar-refractivity contribution in [3.8, 4) is 0 Å². The van der Waals surface area contributed by atoms with Crippen LogP contribution in [0.4, 0.5) is 5.69 Å². The number of hydrogen-bond donors (Lipinski definition) is 1. The Morgan fingerprint density at radius 2 is 1.74 bits per heavy atom. The number of nitro benzene ring substituents is 1. The number of nitro groups is 1. The SMILES string of the molecule is N/C(CCS(=O)(=O)c1ccc(Cl)cc1)=N\OC(=O)c1ccc([N+](=O)[O-])cc1. The van der Waals surface area contributed by atoms with E-state index in [1.54, 1.807) is 0 Å². The van der Waals surface area contributed by atoms with Crippen molar-refractivity contribution in [1.29, 1.82) is 0 Å². The van der Waals surface area contributed by atoms with E-state index in [-0.39, 0.29) is 34.2 Å². The molecule has 2 N–H and O–H groups in total. The Hall–Kier alpha value is -2.98. The average Bonchev–Trinajstić information content (AvgIpc) is 2.65. The van der Waals surface area contributed by atoms with Gasteiger partial charge in [-0.3, -0.25) is 10.1 Å². The van der Waals surface area contributed by atoms with Crippen LogP contribution in [0.25, 0.3) is 0 Å². The molecule has 11 heteroatoms. The van der Waals surface area contributed by atoms with Gasteiger partial charge < -0.3 is 10.6 Å². The molecule has 27 heavy (non-hydrogen) atoms. The van der Waals surface area contributed by atoms with Gasteiger partial charge in [0.15, 0.2) is 9.84 Å². The largest absolute Gasteiger partial charge is 0.384 e. The minimum Gasteiger partial charge on any atom is -0.384 e. The van der Waals surface area contributed by atoms with Crippen molar-refractivity contribution in [2.45, 2.75) is 11.3 Å². The van der Waals surface area contributed by atoms with Gasteiger partial charge in [0.2, 0.25) is 0 Å². The Balaban J connectivity index is 1.94. The van der Waals surface area contributed by atoms with Crippen molar-refractivity contribution in [3.63, 3.8) is 0 Å². The van der Waals surface area contributed by atoms with Gasteiger partial charge in [-0.05, 0) is 36.4 Å². The van der Waals surface area contributed by atoms with Crippen molar-refractivity contribution in [1.82, 2.24) is 0 Å². The summed E-state index contributed by atoms with van der Waals surface area (Å²) in [5.41, 5.74) is 5.43. The first-order chi connectivity index (χ1) is 12.7. The number of carbonyl (C=O) groups is 1. The van der Waals surface area contributed by atoms with Crippen LogP contribution >= 0.6 is 11.6 Å². The number of amidine groups is 1.